The molecule has 0 amide bonds. The summed E-state index contributed by atoms with van der Waals surface area (Å²) in [6.07, 6.45) is 2.87. The second-order valence-corrected chi connectivity index (χ2v) is 5.09. The minimum Gasteiger partial charge on any atom is -0.488 e. The second kappa shape index (κ2) is 5.49. The molecule has 104 valence electrons. The van der Waals surface area contributed by atoms with Gasteiger partial charge in [-0.05, 0) is 31.2 Å². The zero-order chi connectivity index (χ0) is 13.9. The summed E-state index contributed by atoms with van der Waals surface area (Å²) >= 11 is 0. The summed E-state index contributed by atoms with van der Waals surface area (Å²) in [4.78, 5) is 6.48. The van der Waals surface area contributed by atoms with Crippen molar-refractivity contribution in [1.29, 1.82) is 0 Å². The van der Waals surface area contributed by atoms with Crippen LogP contribution in [0.2, 0.25) is 0 Å². The number of aromatic nitrogens is 1. The molecule has 2 heterocycles. The van der Waals surface area contributed by atoms with Crippen molar-refractivity contribution >= 4 is 5.69 Å². The van der Waals surface area contributed by atoms with Crippen molar-refractivity contribution in [2.24, 2.45) is 0 Å². The van der Waals surface area contributed by atoms with E-state index in [0.717, 1.165) is 25.2 Å². The van der Waals surface area contributed by atoms with E-state index in [-0.39, 0.29) is 11.9 Å². The zero-order valence-corrected chi connectivity index (χ0v) is 11.4. The van der Waals surface area contributed by atoms with Gasteiger partial charge in [-0.3, -0.25) is 4.98 Å². The van der Waals surface area contributed by atoms with E-state index in [1.54, 1.807) is 12.1 Å². The lowest BCUT2D eigenvalue weighted by Crippen LogP contribution is -2.24. The summed E-state index contributed by atoms with van der Waals surface area (Å²) in [5.41, 5.74) is 2.18. The van der Waals surface area contributed by atoms with E-state index in [0.29, 0.717) is 5.75 Å². The maximum atomic E-state index is 13.1. The van der Waals surface area contributed by atoms with Crippen LogP contribution in [-0.2, 0) is 0 Å². The summed E-state index contributed by atoms with van der Waals surface area (Å²) in [5, 5.41) is 0. The molecule has 2 aromatic rings. The molecule has 1 aliphatic rings. The highest BCUT2D eigenvalue weighted by molar-refractivity contribution is 5.47. The average molecular weight is 272 g/mol. The molecule has 0 bridgehead atoms. The van der Waals surface area contributed by atoms with Gasteiger partial charge in [0.05, 0.1) is 6.54 Å². The molecule has 1 atom stereocenters. The fraction of sp³-hybridized carbons (Fsp3) is 0.312. The van der Waals surface area contributed by atoms with Crippen LogP contribution in [0.4, 0.5) is 10.1 Å². The van der Waals surface area contributed by atoms with E-state index < -0.39 is 0 Å². The zero-order valence-electron chi connectivity index (χ0n) is 11.4. The van der Waals surface area contributed by atoms with Crippen LogP contribution >= 0.6 is 0 Å². The number of pyridine rings is 1. The van der Waals surface area contributed by atoms with Gasteiger partial charge < -0.3 is 9.64 Å². The van der Waals surface area contributed by atoms with Gasteiger partial charge in [0.25, 0.3) is 0 Å². The van der Waals surface area contributed by atoms with E-state index in [9.17, 15) is 4.39 Å². The molecule has 20 heavy (non-hydrogen) atoms. The molecule has 3 rings (SSSR count). The monoisotopic (exact) mass is 272 g/mol. The van der Waals surface area contributed by atoms with Crippen molar-refractivity contribution in [2.75, 3.05) is 18.0 Å². The first-order chi connectivity index (χ1) is 9.70. The number of nitrogens with zero attached hydrogens (tertiary/aromatic N) is 2. The van der Waals surface area contributed by atoms with Crippen LogP contribution in [0, 0.1) is 12.7 Å². The first-order valence-electron chi connectivity index (χ1n) is 6.80. The number of aryl methyl sites for hydroxylation is 1. The highest BCUT2D eigenvalue weighted by Gasteiger charge is 2.24. The number of hydrogen-bond donors (Lipinski definition) is 0. The van der Waals surface area contributed by atoms with Gasteiger partial charge in [-0.1, -0.05) is 6.07 Å². The largest absolute Gasteiger partial charge is 0.488 e. The predicted octanol–water partition coefficient (Wildman–Crippen LogP) is 3.19. The summed E-state index contributed by atoms with van der Waals surface area (Å²) in [6, 6.07) is 10.4. The Balaban J connectivity index is 1.65. The normalized spacial score (nSPS) is 18.3. The van der Waals surface area contributed by atoms with Crippen molar-refractivity contribution in [1.82, 2.24) is 4.98 Å². The van der Waals surface area contributed by atoms with Crippen molar-refractivity contribution in [2.45, 2.75) is 19.4 Å². The topological polar surface area (TPSA) is 25.4 Å². The lowest BCUT2D eigenvalue weighted by atomic mass is 10.3. The van der Waals surface area contributed by atoms with Gasteiger partial charge in [0.1, 0.15) is 17.7 Å². The van der Waals surface area contributed by atoms with Gasteiger partial charge in [0.2, 0.25) is 0 Å². The molecule has 1 aromatic heterocycles. The van der Waals surface area contributed by atoms with Gasteiger partial charge in [-0.2, -0.15) is 0 Å². The smallest absolute Gasteiger partial charge is 0.126 e. The van der Waals surface area contributed by atoms with Crippen LogP contribution in [0.25, 0.3) is 0 Å². The minimum atomic E-state index is -0.262. The fourth-order valence-electron chi connectivity index (χ4n) is 2.52. The molecule has 1 saturated heterocycles. The van der Waals surface area contributed by atoms with E-state index >= 15 is 0 Å². The average Bonchev–Trinajstić information content (AvgIpc) is 2.87. The van der Waals surface area contributed by atoms with Gasteiger partial charge in [-0.25, -0.2) is 4.39 Å². The summed E-state index contributed by atoms with van der Waals surface area (Å²) in [5.74, 6) is 0.338. The third kappa shape index (κ3) is 2.90. The Morgan fingerprint density at radius 3 is 3.00 bits per heavy atom. The van der Waals surface area contributed by atoms with Crippen molar-refractivity contribution < 1.29 is 9.13 Å². The third-order valence-electron chi connectivity index (χ3n) is 3.49. The molecule has 0 aliphatic carbocycles. The quantitative estimate of drug-likeness (QED) is 0.858. The molecule has 0 radical (unpaired) electrons. The Labute approximate surface area is 118 Å². The van der Waals surface area contributed by atoms with Crippen LogP contribution in [0.15, 0.2) is 42.6 Å². The lowest BCUT2D eigenvalue weighted by molar-refractivity contribution is 0.224. The third-order valence-corrected chi connectivity index (χ3v) is 3.49. The highest BCUT2D eigenvalue weighted by Crippen LogP contribution is 2.24. The number of ether oxygens (including phenoxy) is 1. The minimum absolute atomic E-state index is 0.102. The van der Waals surface area contributed by atoms with Crippen molar-refractivity contribution in [3.63, 3.8) is 0 Å². The molecule has 0 N–H and O–H groups in total. The molecule has 1 fully saturated rings. The maximum Gasteiger partial charge on any atom is 0.126 e. The maximum absolute atomic E-state index is 13.1. The first-order valence-corrected chi connectivity index (χ1v) is 6.80. The summed E-state index contributed by atoms with van der Waals surface area (Å²) < 4.78 is 19.0. The molecule has 1 aromatic carbocycles. The van der Waals surface area contributed by atoms with Crippen molar-refractivity contribution in [3.05, 3.63) is 54.1 Å². The fourth-order valence-corrected chi connectivity index (χ4v) is 2.52. The number of hydrogen-bond acceptors (Lipinski definition) is 3. The highest BCUT2D eigenvalue weighted by atomic mass is 19.1. The first kappa shape index (κ1) is 12.9. The van der Waals surface area contributed by atoms with E-state index in [1.165, 1.54) is 17.8 Å². The van der Waals surface area contributed by atoms with Crippen LogP contribution in [-0.4, -0.2) is 24.2 Å². The lowest BCUT2D eigenvalue weighted by Gasteiger charge is -2.19. The number of halogens is 1. The van der Waals surface area contributed by atoms with Gasteiger partial charge in [0, 0.05) is 36.6 Å². The molecule has 0 saturated carbocycles. The van der Waals surface area contributed by atoms with Crippen LogP contribution in [0.1, 0.15) is 12.1 Å². The molecular weight excluding hydrogens is 255 g/mol. The standard InChI is InChI=1S/C16H17FN2O/c1-12-9-14(5-7-18-12)19-8-6-16(11-19)20-15-4-2-3-13(17)10-15/h2-5,7,9-10,16H,6,8,11H2,1H3. The van der Waals surface area contributed by atoms with E-state index in [2.05, 4.69) is 16.0 Å². The Hall–Kier alpha value is -2.10. The summed E-state index contributed by atoms with van der Waals surface area (Å²) in [7, 11) is 0. The molecule has 3 nitrogen and oxygen atoms in total. The van der Waals surface area contributed by atoms with Gasteiger partial charge >= 0.3 is 0 Å². The van der Waals surface area contributed by atoms with E-state index in [1.807, 2.05) is 19.2 Å². The van der Waals surface area contributed by atoms with Gasteiger partial charge in [0.15, 0.2) is 0 Å². The van der Waals surface area contributed by atoms with Crippen LogP contribution in [0.3, 0.4) is 0 Å². The van der Waals surface area contributed by atoms with Crippen molar-refractivity contribution in [3.8, 4) is 5.75 Å². The Morgan fingerprint density at radius 1 is 1.30 bits per heavy atom. The summed E-state index contributed by atoms with van der Waals surface area (Å²) in [6.45, 7) is 3.75. The Morgan fingerprint density at radius 2 is 2.20 bits per heavy atom. The number of rotatable bonds is 3. The second-order valence-electron chi connectivity index (χ2n) is 5.09. The van der Waals surface area contributed by atoms with Crippen LogP contribution < -0.4 is 9.64 Å². The molecule has 0 spiro atoms. The van der Waals surface area contributed by atoms with Crippen LogP contribution in [0.5, 0.6) is 5.75 Å². The number of benzene rings is 1. The molecule has 4 heteroatoms. The SMILES string of the molecule is Cc1cc(N2CCC(Oc3cccc(F)c3)C2)ccn1. The molecule has 1 unspecified atom stereocenters. The van der Waals surface area contributed by atoms with E-state index in [4.69, 9.17) is 4.74 Å². The molecule has 1 aliphatic heterocycles. The Kier molecular flexibility index (Phi) is 3.54. The Bertz CT molecular complexity index is 603. The van der Waals surface area contributed by atoms with Gasteiger partial charge in [-0.15, -0.1) is 0 Å². The predicted molar refractivity (Wildman–Crippen MR) is 76.6 cm³/mol. The number of anilines is 1. The molecular formula is C16H17FN2O.